The van der Waals surface area contributed by atoms with E-state index in [9.17, 15) is 8.78 Å². The minimum Gasteiger partial charge on any atom is -0.508 e. The molecule has 0 aliphatic carbocycles. The molecule has 1 aromatic rings. The molecule has 0 aliphatic rings. The molecule has 0 fully saturated rings. The quantitative estimate of drug-likeness (QED) is 0.704. The summed E-state index contributed by atoms with van der Waals surface area (Å²) in [7, 11) is 1.34. The predicted octanol–water partition coefficient (Wildman–Crippen LogP) is 1.32. The summed E-state index contributed by atoms with van der Waals surface area (Å²) in [5, 5.41) is 9.14. The fourth-order valence-corrected chi connectivity index (χ4v) is 0.895. The molecule has 13 heavy (non-hydrogen) atoms. The predicted molar refractivity (Wildman–Crippen MR) is 41.9 cm³/mol. The van der Waals surface area contributed by atoms with Gasteiger partial charge < -0.3 is 9.94 Å². The molecule has 0 saturated carbocycles. The summed E-state index contributed by atoms with van der Waals surface area (Å²) >= 11 is 0. The summed E-state index contributed by atoms with van der Waals surface area (Å²) in [6.07, 6.45) is 0. The average molecular weight is 189 g/mol. The Balaban J connectivity index is 2.96. The van der Waals surface area contributed by atoms with E-state index in [-0.39, 0.29) is 17.9 Å². The van der Waals surface area contributed by atoms with Crippen LogP contribution in [0.25, 0.3) is 0 Å². The lowest BCUT2D eigenvalue weighted by Crippen LogP contribution is -2.12. The van der Waals surface area contributed by atoms with Crippen LogP contribution in [0, 0.1) is 11.6 Å². The molecule has 0 spiro atoms. The molecule has 0 saturated heterocycles. The number of halogens is 2. The van der Waals surface area contributed by atoms with Gasteiger partial charge in [0.05, 0.1) is 13.7 Å². The van der Waals surface area contributed by atoms with Gasteiger partial charge in [0.1, 0.15) is 5.75 Å². The first-order valence-electron chi connectivity index (χ1n) is 3.58. The zero-order valence-corrected chi connectivity index (χ0v) is 6.97. The van der Waals surface area contributed by atoms with Crippen molar-refractivity contribution in [3.63, 3.8) is 0 Å². The van der Waals surface area contributed by atoms with Crippen LogP contribution in [0.3, 0.4) is 0 Å². The number of phenols is 1. The molecule has 0 atom stereocenters. The monoisotopic (exact) mass is 189 g/mol. The summed E-state index contributed by atoms with van der Waals surface area (Å²) in [4.78, 5) is 4.45. The number of hydrogen-bond acceptors (Lipinski definition) is 3. The van der Waals surface area contributed by atoms with Crippen LogP contribution >= 0.6 is 0 Å². The van der Waals surface area contributed by atoms with Gasteiger partial charge in [-0.2, -0.15) is 5.48 Å². The second-order valence-corrected chi connectivity index (χ2v) is 2.38. The molecule has 2 N–H and O–H groups in total. The van der Waals surface area contributed by atoms with Gasteiger partial charge in [0.15, 0.2) is 11.6 Å². The van der Waals surface area contributed by atoms with Crippen LogP contribution < -0.4 is 5.48 Å². The van der Waals surface area contributed by atoms with E-state index in [2.05, 4.69) is 10.3 Å². The molecule has 3 nitrogen and oxygen atoms in total. The highest BCUT2D eigenvalue weighted by Gasteiger charge is 2.12. The van der Waals surface area contributed by atoms with Crippen LogP contribution in [0.4, 0.5) is 8.78 Å². The SMILES string of the molecule is CONCc1c(O)ccc(F)c1F. The molecule has 0 radical (unpaired) electrons. The summed E-state index contributed by atoms with van der Waals surface area (Å²) in [5.74, 6) is -2.36. The minimum absolute atomic E-state index is 0.0913. The maximum Gasteiger partial charge on any atom is 0.167 e. The third kappa shape index (κ3) is 2.13. The number of nitrogens with one attached hydrogen (secondary N) is 1. The minimum atomic E-state index is -1.07. The Morgan fingerprint density at radius 2 is 2.15 bits per heavy atom. The van der Waals surface area contributed by atoms with E-state index < -0.39 is 11.6 Å². The molecule has 0 aliphatic heterocycles. The zero-order chi connectivity index (χ0) is 9.84. The first-order valence-corrected chi connectivity index (χ1v) is 3.58. The number of hydrogen-bond donors (Lipinski definition) is 2. The Bertz CT molecular complexity index is 304. The van der Waals surface area contributed by atoms with Gasteiger partial charge >= 0.3 is 0 Å². The molecule has 0 amide bonds. The van der Waals surface area contributed by atoms with Crippen LogP contribution in [0.2, 0.25) is 0 Å². The van der Waals surface area contributed by atoms with Crippen LogP contribution in [0.15, 0.2) is 12.1 Å². The maximum absolute atomic E-state index is 13.0. The second-order valence-electron chi connectivity index (χ2n) is 2.38. The first kappa shape index (κ1) is 9.88. The lowest BCUT2D eigenvalue weighted by molar-refractivity contribution is 0.0851. The van der Waals surface area contributed by atoms with Crippen molar-refractivity contribution in [2.45, 2.75) is 6.54 Å². The van der Waals surface area contributed by atoms with Crippen molar-refractivity contribution in [3.8, 4) is 5.75 Å². The number of hydroxylamine groups is 1. The van der Waals surface area contributed by atoms with E-state index in [4.69, 9.17) is 5.11 Å². The van der Waals surface area contributed by atoms with E-state index in [1.54, 1.807) is 0 Å². The molecule has 0 heterocycles. The first-order chi connectivity index (χ1) is 6.16. The maximum atomic E-state index is 13.0. The molecule has 5 heteroatoms. The van der Waals surface area contributed by atoms with Gasteiger partial charge in [0.25, 0.3) is 0 Å². The van der Waals surface area contributed by atoms with E-state index in [1.807, 2.05) is 0 Å². The molecule has 1 aromatic carbocycles. The standard InChI is InChI=1S/C8H9F2NO2/c1-13-11-4-5-7(12)3-2-6(9)8(5)10/h2-3,11-12H,4H2,1H3. The molecular weight excluding hydrogens is 180 g/mol. The van der Waals surface area contributed by atoms with Crippen molar-refractivity contribution in [3.05, 3.63) is 29.3 Å². The molecule has 72 valence electrons. The Kier molecular flexibility index (Phi) is 3.16. The summed E-state index contributed by atoms with van der Waals surface area (Å²) in [6.45, 7) is -0.0913. The van der Waals surface area contributed by atoms with E-state index in [0.717, 1.165) is 12.1 Å². The van der Waals surface area contributed by atoms with E-state index in [0.29, 0.717) is 0 Å². The number of aromatic hydroxyl groups is 1. The lowest BCUT2D eigenvalue weighted by atomic mass is 10.2. The second kappa shape index (κ2) is 4.15. The van der Waals surface area contributed by atoms with E-state index in [1.165, 1.54) is 7.11 Å². The number of phenolic OH excluding ortho intramolecular Hbond substituents is 1. The van der Waals surface area contributed by atoms with Gasteiger partial charge in [0, 0.05) is 5.56 Å². The van der Waals surface area contributed by atoms with Crippen molar-refractivity contribution in [1.29, 1.82) is 0 Å². The largest absolute Gasteiger partial charge is 0.508 e. The van der Waals surface area contributed by atoms with Crippen molar-refractivity contribution in [1.82, 2.24) is 5.48 Å². The molecule has 0 aromatic heterocycles. The van der Waals surface area contributed by atoms with Crippen molar-refractivity contribution in [2.75, 3.05) is 7.11 Å². The van der Waals surface area contributed by atoms with Gasteiger partial charge in [-0.3, -0.25) is 0 Å². The Labute approximate surface area is 73.9 Å². The van der Waals surface area contributed by atoms with Gasteiger partial charge in [-0.15, -0.1) is 0 Å². The number of benzene rings is 1. The van der Waals surface area contributed by atoms with Gasteiger partial charge in [0.2, 0.25) is 0 Å². The summed E-state index contributed by atoms with van der Waals surface area (Å²) < 4.78 is 25.6. The van der Waals surface area contributed by atoms with Gasteiger partial charge in [-0.05, 0) is 12.1 Å². The molecular formula is C8H9F2NO2. The fraction of sp³-hybridized carbons (Fsp3) is 0.250. The third-order valence-corrected chi connectivity index (χ3v) is 1.56. The molecule has 1 rings (SSSR count). The molecule has 0 bridgehead atoms. The summed E-state index contributed by atoms with van der Waals surface area (Å²) in [5.41, 5.74) is 2.16. The number of rotatable bonds is 3. The Morgan fingerprint density at radius 3 is 2.77 bits per heavy atom. The zero-order valence-electron chi connectivity index (χ0n) is 6.97. The average Bonchev–Trinajstić information content (AvgIpc) is 2.12. The van der Waals surface area contributed by atoms with Crippen LogP contribution in [0.1, 0.15) is 5.56 Å². The van der Waals surface area contributed by atoms with Crippen molar-refractivity contribution < 1.29 is 18.7 Å². The fourth-order valence-electron chi connectivity index (χ4n) is 0.895. The lowest BCUT2D eigenvalue weighted by Gasteiger charge is -2.06. The van der Waals surface area contributed by atoms with Crippen LogP contribution in [-0.2, 0) is 11.4 Å². The van der Waals surface area contributed by atoms with E-state index >= 15 is 0 Å². The smallest absolute Gasteiger partial charge is 0.167 e. The molecule has 0 unspecified atom stereocenters. The Morgan fingerprint density at radius 1 is 1.46 bits per heavy atom. The Hall–Kier alpha value is -1.20. The van der Waals surface area contributed by atoms with Crippen molar-refractivity contribution in [2.24, 2.45) is 0 Å². The summed E-state index contributed by atoms with van der Waals surface area (Å²) in [6, 6.07) is 1.95. The topological polar surface area (TPSA) is 41.5 Å². The third-order valence-electron chi connectivity index (χ3n) is 1.56. The van der Waals surface area contributed by atoms with Crippen LogP contribution in [-0.4, -0.2) is 12.2 Å². The highest BCUT2D eigenvalue weighted by Crippen LogP contribution is 2.21. The highest BCUT2D eigenvalue weighted by molar-refractivity contribution is 5.33. The van der Waals surface area contributed by atoms with Crippen LogP contribution in [0.5, 0.6) is 5.75 Å². The normalized spacial score (nSPS) is 10.4. The van der Waals surface area contributed by atoms with Gasteiger partial charge in [-0.25, -0.2) is 8.78 Å². The van der Waals surface area contributed by atoms with Gasteiger partial charge in [-0.1, -0.05) is 0 Å². The van der Waals surface area contributed by atoms with Crippen molar-refractivity contribution >= 4 is 0 Å². The highest BCUT2D eigenvalue weighted by atomic mass is 19.2.